The number of aryl methyl sites for hydroxylation is 2. The summed E-state index contributed by atoms with van der Waals surface area (Å²) in [6.07, 6.45) is 8.86. The van der Waals surface area contributed by atoms with E-state index < -0.39 is 0 Å². The predicted molar refractivity (Wildman–Crippen MR) is 159 cm³/mol. The monoisotopic (exact) mass is 560 g/mol. The van der Waals surface area contributed by atoms with E-state index in [0.29, 0.717) is 25.0 Å². The molecule has 36 heavy (non-hydrogen) atoms. The second kappa shape index (κ2) is 11.6. The second-order valence-electron chi connectivity index (χ2n) is 9.32. The van der Waals surface area contributed by atoms with Crippen molar-refractivity contribution in [2.24, 2.45) is 11.8 Å². The van der Waals surface area contributed by atoms with Crippen molar-refractivity contribution < 1.29 is 19.1 Å². The largest absolute Gasteiger partial charge is 0.462 e. The molecular formula is C28H32O4S4. The predicted octanol–water partition coefficient (Wildman–Crippen LogP) is 9.21. The van der Waals surface area contributed by atoms with Crippen LogP contribution in [0.1, 0.15) is 61.4 Å². The third kappa shape index (κ3) is 5.62. The highest BCUT2D eigenvalue weighted by atomic mass is 32.1. The highest BCUT2D eigenvalue weighted by molar-refractivity contribution is 7.44. The lowest BCUT2D eigenvalue weighted by Gasteiger charge is -2.07. The van der Waals surface area contributed by atoms with E-state index in [2.05, 4.69) is 41.5 Å². The first-order valence-corrected chi connectivity index (χ1v) is 15.6. The van der Waals surface area contributed by atoms with Gasteiger partial charge in [0.2, 0.25) is 0 Å². The first-order chi connectivity index (χ1) is 17.2. The molecule has 2 unspecified atom stereocenters. The molecule has 0 aromatic carbocycles. The van der Waals surface area contributed by atoms with Crippen LogP contribution in [0.5, 0.6) is 0 Å². The zero-order valence-corrected chi connectivity index (χ0v) is 24.8. The third-order valence-electron chi connectivity index (χ3n) is 6.44. The molecule has 192 valence electrons. The molecule has 0 fully saturated rings. The van der Waals surface area contributed by atoms with Crippen molar-refractivity contribution in [2.75, 3.05) is 13.2 Å². The number of ether oxygens (including phenoxy) is 2. The van der Waals surface area contributed by atoms with Crippen LogP contribution >= 0.6 is 45.3 Å². The Morgan fingerprint density at radius 2 is 1.03 bits per heavy atom. The summed E-state index contributed by atoms with van der Waals surface area (Å²) in [5, 5.41) is 0. The molecule has 0 saturated heterocycles. The van der Waals surface area contributed by atoms with Crippen molar-refractivity contribution >= 4 is 97.6 Å². The van der Waals surface area contributed by atoms with Crippen molar-refractivity contribution in [3.63, 3.8) is 0 Å². The van der Waals surface area contributed by atoms with Crippen molar-refractivity contribution in [3.8, 4) is 0 Å². The van der Waals surface area contributed by atoms with Gasteiger partial charge in [0, 0.05) is 21.9 Å². The van der Waals surface area contributed by atoms with Crippen LogP contribution in [0.3, 0.4) is 0 Å². The third-order valence-corrected chi connectivity index (χ3v) is 12.3. The maximum absolute atomic E-state index is 12.1. The zero-order chi connectivity index (χ0) is 26.0. The van der Waals surface area contributed by atoms with Gasteiger partial charge in [0.05, 0.1) is 41.4 Å². The number of carbonyl (C=O) groups is 2. The number of thiophene rings is 4. The van der Waals surface area contributed by atoms with Crippen LogP contribution in [-0.2, 0) is 19.1 Å². The number of rotatable bonds is 10. The maximum Gasteiger partial charge on any atom is 0.330 e. The van der Waals surface area contributed by atoms with Gasteiger partial charge in [0.25, 0.3) is 0 Å². The van der Waals surface area contributed by atoms with Gasteiger partial charge in [0.15, 0.2) is 0 Å². The van der Waals surface area contributed by atoms with Gasteiger partial charge in [-0.2, -0.15) is 0 Å². The number of carbonyl (C=O) groups excluding carboxylic acids is 2. The molecule has 0 saturated carbocycles. The molecule has 0 bridgehead atoms. The van der Waals surface area contributed by atoms with E-state index in [0.717, 1.165) is 22.6 Å². The van der Waals surface area contributed by atoms with E-state index in [1.807, 2.05) is 34.8 Å². The molecular weight excluding hydrogens is 529 g/mol. The summed E-state index contributed by atoms with van der Waals surface area (Å²) >= 11 is 7.12. The first-order valence-electron chi connectivity index (χ1n) is 12.3. The lowest BCUT2D eigenvalue weighted by atomic mass is 10.1. The smallest absolute Gasteiger partial charge is 0.330 e. The molecule has 4 aromatic rings. The SMILES string of the molecule is CCC(C)COC(=O)/C=C/c1sc2c(sc3c4sc(/C=C/C(=O)OCC(C)CC)c(C)c4sc23)c1C. The summed E-state index contributed by atoms with van der Waals surface area (Å²) in [5.41, 5.74) is 2.42. The maximum atomic E-state index is 12.1. The fourth-order valence-corrected chi connectivity index (χ4v) is 9.40. The van der Waals surface area contributed by atoms with Gasteiger partial charge in [-0.15, -0.1) is 45.3 Å². The van der Waals surface area contributed by atoms with Gasteiger partial charge >= 0.3 is 11.9 Å². The lowest BCUT2D eigenvalue weighted by Crippen LogP contribution is -2.08. The summed E-state index contributed by atoms with van der Waals surface area (Å²) in [4.78, 5) is 26.4. The van der Waals surface area contributed by atoms with Gasteiger partial charge in [-0.25, -0.2) is 9.59 Å². The lowest BCUT2D eigenvalue weighted by molar-refractivity contribution is -0.139. The Hall–Kier alpha value is -2.00. The van der Waals surface area contributed by atoms with Crippen molar-refractivity contribution in [2.45, 2.75) is 54.4 Å². The number of fused-ring (bicyclic) bond motifs is 5. The van der Waals surface area contributed by atoms with E-state index in [4.69, 9.17) is 9.47 Å². The van der Waals surface area contributed by atoms with Crippen LogP contribution in [0, 0.1) is 25.7 Å². The molecule has 0 radical (unpaired) electrons. The minimum atomic E-state index is -0.284. The molecule has 8 heteroatoms. The van der Waals surface area contributed by atoms with Crippen molar-refractivity contribution in [1.82, 2.24) is 0 Å². The van der Waals surface area contributed by atoms with E-state index in [9.17, 15) is 9.59 Å². The van der Waals surface area contributed by atoms with Crippen LogP contribution in [0.25, 0.3) is 40.4 Å². The summed E-state index contributed by atoms with van der Waals surface area (Å²) in [6, 6.07) is 0. The summed E-state index contributed by atoms with van der Waals surface area (Å²) in [5.74, 6) is 0.182. The molecule has 0 aliphatic carbocycles. The van der Waals surface area contributed by atoms with Crippen LogP contribution in [0.2, 0.25) is 0 Å². The Balaban J connectivity index is 1.56. The van der Waals surface area contributed by atoms with E-state index >= 15 is 0 Å². The quantitative estimate of drug-likeness (QED) is 0.143. The van der Waals surface area contributed by atoms with Crippen LogP contribution in [0.4, 0.5) is 0 Å². The zero-order valence-electron chi connectivity index (χ0n) is 21.6. The molecule has 0 spiro atoms. The summed E-state index contributed by atoms with van der Waals surface area (Å²) in [6.45, 7) is 13.5. The fraction of sp³-hybridized carbons (Fsp3) is 0.429. The van der Waals surface area contributed by atoms with Gasteiger partial charge in [-0.3, -0.25) is 0 Å². The van der Waals surface area contributed by atoms with Crippen molar-refractivity contribution in [1.29, 1.82) is 0 Å². The van der Waals surface area contributed by atoms with E-state index in [1.165, 1.54) is 39.3 Å². The van der Waals surface area contributed by atoms with Crippen molar-refractivity contribution in [3.05, 3.63) is 33.0 Å². The Labute approximate surface area is 228 Å². The molecule has 0 aliphatic rings. The normalized spacial score (nSPS) is 14.1. The van der Waals surface area contributed by atoms with Gasteiger partial charge in [0.1, 0.15) is 0 Å². The molecule has 4 heterocycles. The van der Waals surface area contributed by atoms with Gasteiger partial charge < -0.3 is 9.47 Å². The molecule has 4 aromatic heterocycles. The van der Waals surface area contributed by atoms with E-state index in [1.54, 1.807) is 34.8 Å². The Bertz CT molecular complexity index is 1350. The Morgan fingerprint density at radius 3 is 1.39 bits per heavy atom. The van der Waals surface area contributed by atoms with Crippen LogP contribution in [-0.4, -0.2) is 25.2 Å². The second-order valence-corrected chi connectivity index (χ2v) is 13.5. The Kier molecular flexibility index (Phi) is 8.71. The fourth-order valence-electron chi connectivity index (χ4n) is 3.56. The molecule has 0 amide bonds. The number of hydrogen-bond acceptors (Lipinski definition) is 8. The Morgan fingerprint density at radius 1 is 0.667 bits per heavy atom. The molecule has 4 nitrogen and oxygen atoms in total. The molecule has 4 rings (SSSR count). The highest BCUT2D eigenvalue weighted by Gasteiger charge is 2.21. The average molecular weight is 561 g/mol. The molecule has 2 atom stereocenters. The standard InChI is InChI=1S/C28H32O4S4/c1-7-15(3)13-31-21(29)11-9-19-17(5)23-25(33-19)27-28(35-23)26-24(36-27)18(6)20(34-26)10-12-22(30)32-14-16(4)8-2/h9-12,15-16H,7-8,13-14H2,1-6H3/b11-9+,12-10+. The topological polar surface area (TPSA) is 52.6 Å². The first kappa shape index (κ1) is 27.0. The highest BCUT2D eigenvalue weighted by Crippen LogP contribution is 2.52. The van der Waals surface area contributed by atoms with E-state index in [-0.39, 0.29) is 11.9 Å². The van der Waals surface area contributed by atoms with Gasteiger partial charge in [-0.1, -0.05) is 40.5 Å². The average Bonchev–Trinajstić information content (AvgIpc) is 3.57. The summed E-state index contributed by atoms with van der Waals surface area (Å²) < 4.78 is 18.5. The minimum Gasteiger partial charge on any atom is -0.462 e. The van der Waals surface area contributed by atoms with Crippen LogP contribution < -0.4 is 0 Å². The number of esters is 2. The van der Waals surface area contributed by atoms with Crippen LogP contribution in [0.15, 0.2) is 12.2 Å². The number of hydrogen-bond donors (Lipinski definition) is 0. The van der Waals surface area contributed by atoms with Gasteiger partial charge in [-0.05, 0) is 49.0 Å². The minimum absolute atomic E-state index is 0.284. The summed E-state index contributed by atoms with van der Waals surface area (Å²) in [7, 11) is 0. The molecule has 0 N–H and O–H groups in total. The molecule has 0 aliphatic heterocycles.